The molecule has 0 spiro atoms. The molecule has 7 heteroatoms. The maximum atomic E-state index is 12.2. The summed E-state index contributed by atoms with van der Waals surface area (Å²) < 4.78 is 0. The number of amides is 4. The second-order valence-corrected chi connectivity index (χ2v) is 4.65. The van der Waals surface area contributed by atoms with Crippen molar-refractivity contribution in [2.75, 3.05) is 0 Å². The van der Waals surface area contributed by atoms with Crippen LogP contribution in [-0.2, 0) is 9.59 Å². The minimum absolute atomic E-state index is 0.0653. The molecule has 0 saturated carbocycles. The summed E-state index contributed by atoms with van der Waals surface area (Å²) in [5.74, 6) is -2.73. The fraction of sp³-hybridized carbons (Fsp3) is 0.231. The van der Waals surface area contributed by atoms with Crippen LogP contribution < -0.4 is 5.32 Å². The van der Waals surface area contributed by atoms with Gasteiger partial charge in [0.1, 0.15) is 11.8 Å². The topological polar surface area (TPSA) is 104 Å². The van der Waals surface area contributed by atoms with Crippen molar-refractivity contribution in [3.8, 4) is 5.75 Å². The summed E-state index contributed by atoms with van der Waals surface area (Å²) >= 11 is 0. The smallest absolute Gasteiger partial charge is 0.266 e. The van der Waals surface area contributed by atoms with E-state index in [1.807, 2.05) is 0 Å². The maximum Gasteiger partial charge on any atom is 0.266 e. The van der Waals surface area contributed by atoms with Crippen LogP contribution in [0.3, 0.4) is 0 Å². The van der Waals surface area contributed by atoms with Crippen molar-refractivity contribution >= 4 is 23.6 Å². The molecule has 0 aromatic heterocycles. The molecule has 0 unspecified atom stereocenters. The predicted octanol–water partition coefficient (Wildman–Crippen LogP) is -0.207. The molecule has 2 heterocycles. The van der Waals surface area contributed by atoms with E-state index >= 15 is 0 Å². The van der Waals surface area contributed by atoms with Gasteiger partial charge in [0.2, 0.25) is 11.8 Å². The van der Waals surface area contributed by atoms with Gasteiger partial charge >= 0.3 is 0 Å². The van der Waals surface area contributed by atoms with Gasteiger partial charge in [-0.05, 0) is 18.6 Å². The average molecular weight is 274 g/mol. The number of hydrogen-bond acceptors (Lipinski definition) is 5. The zero-order valence-corrected chi connectivity index (χ0v) is 10.3. The lowest BCUT2D eigenvalue weighted by atomic mass is 10.0. The number of nitrogens with zero attached hydrogens (tertiary/aromatic N) is 1. The Bertz CT molecular complexity index is 667. The summed E-state index contributed by atoms with van der Waals surface area (Å²) in [4.78, 5) is 48.1. The van der Waals surface area contributed by atoms with Crippen LogP contribution >= 0.6 is 0 Å². The molecule has 4 amide bonds. The summed E-state index contributed by atoms with van der Waals surface area (Å²) in [5.41, 5.74) is -0.0260. The highest BCUT2D eigenvalue weighted by atomic mass is 16.3. The number of phenolic OH excluding ortho intramolecular Hbond substituents is 1. The van der Waals surface area contributed by atoms with Gasteiger partial charge < -0.3 is 5.11 Å². The van der Waals surface area contributed by atoms with E-state index in [-0.39, 0.29) is 29.7 Å². The lowest BCUT2D eigenvalue weighted by Crippen LogP contribution is -2.54. The van der Waals surface area contributed by atoms with Gasteiger partial charge in [0.15, 0.2) is 0 Å². The third-order valence-corrected chi connectivity index (χ3v) is 3.45. The van der Waals surface area contributed by atoms with E-state index < -0.39 is 29.7 Å². The van der Waals surface area contributed by atoms with Gasteiger partial charge in [-0.3, -0.25) is 29.4 Å². The number of aromatic hydroxyl groups is 1. The van der Waals surface area contributed by atoms with Gasteiger partial charge in [0, 0.05) is 6.42 Å². The SMILES string of the molecule is O=C1CC[C@@H](N2C(=O)c3cccc(O)c3C2=O)C(=O)N1. The van der Waals surface area contributed by atoms with Gasteiger partial charge in [0.05, 0.1) is 11.1 Å². The van der Waals surface area contributed by atoms with Crippen molar-refractivity contribution < 1.29 is 24.3 Å². The molecule has 1 fully saturated rings. The lowest BCUT2D eigenvalue weighted by Gasteiger charge is -2.27. The van der Waals surface area contributed by atoms with Crippen molar-refractivity contribution in [3.63, 3.8) is 0 Å². The number of hydrogen-bond donors (Lipinski definition) is 2. The van der Waals surface area contributed by atoms with Crippen molar-refractivity contribution in [1.82, 2.24) is 10.2 Å². The third kappa shape index (κ3) is 1.59. The molecule has 0 bridgehead atoms. The summed E-state index contributed by atoms with van der Waals surface area (Å²) in [6.45, 7) is 0. The Labute approximate surface area is 113 Å². The molecule has 1 atom stereocenters. The number of nitrogens with one attached hydrogen (secondary N) is 1. The molecule has 2 aliphatic rings. The Morgan fingerprint density at radius 1 is 1.15 bits per heavy atom. The first-order valence-corrected chi connectivity index (χ1v) is 6.04. The Morgan fingerprint density at radius 2 is 1.90 bits per heavy atom. The summed E-state index contributed by atoms with van der Waals surface area (Å²) in [6.07, 6.45) is 0.159. The number of carbonyl (C=O) groups excluding carboxylic acids is 4. The highest BCUT2D eigenvalue weighted by molar-refractivity contribution is 6.24. The van der Waals surface area contributed by atoms with Gasteiger partial charge in [-0.15, -0.1) is 0 Å². The van der Waals surface area contributed by atoms with Crippen molar-refractivity contribution in [2.45, 2.75) is 18.9 Å². The van der Waals surface area contributed by atoms with E-state index in [4.69, 9.17) is 0 Å². The molecule has 0 radical (unpaired) electrons. The minimum Gasteiger partial charge on any atom is -0.507 e. The zero-order valence-electron chi connectivity index (χ0n) is 10.3. The summed E-state index contributed by atoms with van der Waals surface area (Å²) in [6, 6.07) is 3.16. The normalized spacial score (nSPS) is 22.0. The number of carbonyl (C=O) groups is 4. The highest BCUT2D eigenvalue weighted by Crippen LogP contribution is 2.32. The van der Waals surface area contributed by atoms with Crippen LogP contribution in [0.15, 0.2) is 18.2 Å². The fourth-order valence-electron chi connectivity index (χ4n) is 2.50. The molecular formula is C13H10N2O5. The van der Waals surface area contributed by atoms with Crippen LogP contribution in [0.2, 0.25) is 0 Å². The molecule has 7 nitrogen and oxygen atoms in total. The molecular weight excluding hydrogens is 264 g/mol. The van der Waals surface area contributed by atoms with Crippen LogP contribution in [0.25, 0.3) is 0 Å². The lowest BCUT2D eigenvalue weighted by molar-refractivity contribution is -0.136. The van der Waals surface area contributed by atoms with E-state index in [2.05, 4.69) is 5.32 Å². The van der Waals surface area contributed by atoms with Gasteiger partial charge in [-0.1, -0.05) is 6.07 Å². The van der Waals surface area contributed by atoms with E-state index in [1.165, 1.54) is 18.2 Å². The van der Waals surface area contributed by atoms with E-state index in [0.29, 0.717) is 0 Å². The van der Waals surface area contributed by atoms with Crippen LogP contribution in [0, 0.1) is 0 Å². The molecule has 2 N–H and O–H groups in total. The zero-order chi connectivity index (χ0) is 14.4. The fourth-order valence-corrected chi connectivity index (χ4v) is 2.50. The molecule has 102 valence electrons. The maximum absolute atomic E-state index is 12.2. The van der Waals surface area contributed by atoms with Crippen LogP contribution in [0.1, 0.15) is 33.6 Å². The Morgan fingerprint density at radius 3 is 2.55 bits per heavy atom. The molecule has 0 aliphatic carbocycles. The number of imide groups is 2. The Kier molecular flexibility index (Phi) is 2.56. The van der Waals surface area contributed by atoms with Gasteiger partial charge in [0.25, 0.3) is 11.8 Å². The first kappa shape index (κ1) is 12.3. The predicted molar refractivity (Wildman–Crippen MR) is 64.8 cm³/mol. The second kappa shape index (κ2) is 4.16. The average Bonchev–Trinajstić information content (AvgIpc) is 2.64. The molecule has 2 aliphatic heterocycles. The molecule has 1 saturated heterocycles. The standard InChI is InChI=1S/C13H10N2O5/c16-8-3-1-2-6-10(8)13(20)15(12(6)19)7-4-5-9(17)14-11(7)18/h1-3,7,16H,4-5H2,(H,14,17,18)/t7-/m1/s1. The summed E-state index contributed by atoms with van der Waals surface area (Å²) in [7, 11) is 0. The van der Waals surface area contributed by atoms with Crippen LogP contribution in [0.5, 0.6) is 5.75 Å². The molecule has 20 heavy (non-hydrogen) atoms. The highest BCUT2D eigenvalue weighted by Gasteiger charge is 2.45. The number of phenols is 1. The minimum atomic E-state index is -1.01. The molecule has 1 aromatic rings. The monoisotopic (exact) mass is 274 g/mol. The van der Waals surface area contributed by atoms with Crippen LogP contribution in [-0.4, -0.2) is 39.7 Å². The quantitative estimate of drug-likeness (QED) is 0.690. The number of benzene rings is 1. The first-order valence-electron chi connectivity index (χ1n) is 6.04. The van der Waals surface area contributed by atoms with Gasteiger partial charge in [-0.25, -0.2) is 0 Å². The number of fused-ring (bicyclic) bond motifs is 1. The molecule has 1 aromatic carbocycles. The summed E-state index contributed by atoms with van der Waals surface area (Å²) in [5, 5.41) is 11.8. The van der Waals surface area contributed by atoms with E-state index in [0.717, 1.165) is 4.90 Å². The third-order valence-electron chi connectivity index (χ3n) is 3.45. The number of piperidine rings is 1. The van der Waals surface area contributed by atoms with Crippen molar-refractivity contribution in [3.05, 3.63) is 29.3 Å². The van der Waals surface area contributed by atoms with Gasteiger partial charge in [-0.2, -0.15) is 0 Å². The second-order valence-electron chi connectivity index (χ2n) is 4.65. The van der Waals surface area contributed by atoms with Crippen molar-refractivity contribution in [1.29, 1.82) is 0 Å². The largest absolute Gasteiger partial charge is 0.507 e. The van der Waals surface area contributed by atoms with Crippen molar-refractivity contribution in [2.24, 2.45) is 0 Å². The first-order chi connectivity index (χ1) is 9.50. The Hall–Kier alpha value is -2.70. The Balaban J connectivity index is 2.00. The van der Waals surface area contributed by atoms with E-state index in [9.17, 15) is 24.3 Å². The van der Waals surface area contributed by atoms with Crippen LogP contribution in [0.4, 0.5) is 0 Å². The van der Waals surface area contributed by atoms with E-state index in [1.54, 1.807) is 0 Å². The number of rotatable bonds is 1. The molecule has 3 rings (SSSR count).